The smallest absolute Gasteiger partial charge is 0.405 e. The molecule has 0 bridgehead atoms. The average Bonchev–Trinajstić information content (AvgIpc) is 2.93. The topological polar surface area (TPSA) is 116 Å². The lowest BCUT2D eigenvalue weighted by Gasteiger charge is -2.19. The Labute approximate surface area is 148 Å². The van der Waals surface area contributed by atoms with Crippen LogP contribution >= 0.6 is 0 Å². The third kappa shape index (κ3) is 8.02. The van der Waals surface area contributed by atoms with Crippen LogP contribution in [0.25, 0.3) is 0 Å². The molecule has 142 valence electrons. The molecule has 0 spiro atoms. The fourth-order valence-electron chi connectivity index (χ4n) is 2.21. The molecule has 0 aliphatic heterocycles. The minimum absolute atomic E-state index is 0.0379. The Morgan fingerprint density at radius 3 is 2.60 bits per heavy atom. The maximum Gasteiger partial charge on any atom is 0.405 e. The van der Waals surface area contributed by atoms with Gasteiger partial charge in [-0.05, 0) is 31.7 Å². The summed E-state index contributed by atoms with van der Waals surface area (Å²) in [5.74, 6) is 0.133. The zero-order chi connectivity index (χ0) is 19.0. The number of carbonyl (C=O) groups is 2. The Balaban J connectivity index is 2.58. The third-order valence-corrected chi connectivity index (χ3v) is 3.70. The molecule has 2 amide bonds. The second kappa shape index (κ2) is 9.41. The molecule has 1 aromatic rings. The standard InChI is InChI=1S/C17H30N4O4/c1-6-7-12(20-16(23)24)14(22)21-15-19-10-13(25-15)11(2)18-9-8-17(3,4)5/h10-12,18,20H,6-9H2,1-5H3,(H,23,24)(H,19,21,22)/t11?,12-/m0/s1. The number of nitrogens with zero attached hydrogens (tertiary/aromatic N) is 1. The van der Waals surface area contributed by atoms with E-state index < -0.39 is 18.0 Å². The van der Waals surface area contributed by atoms with Gasteiger partial charge in [-0.15, -0.1) is 0 Å². The predicted octanol–water partition coefficient (Wildman–Crippen LogP) is 3.14. The van der Waals surface area contributed by atoms with Crippen molar-refractivity contribution in [3.8, 4) is 0 Å². The van der Waals surface area contributed by atoms with Crippen molar-refractivity contribution >= 4 is 18.0 Å². The summed E-state index contributed by atoms with van der Waals surface area (Å²) < 4.78 is 5.55. The van der Waals surface area contributed by atoms with Crippen molar-refractivity contribution in [2.45, 2.75) is 66.0 Å². The van der Waals surface area contributed by atoms with Crippen LogP contribution in [-0.4, -0.2) is 34.7 Å². The zero-order valence-electron chi connectivity index (χ0n) is 15.7. The van der Waals surface area contributed by atoms with Crippen molar-refractivity contribution in [3.63, 3.8) is 0 Å². The first-order chi connectivity index (χ1) is 11.6. The van der Waals surface area contributed by atoms with Gasteiger partial charge in [-0.2, -0.15) is 0 Å². The maximum absolute atomic E-state index is 12.1. The number of nitrogens with one attached hydrogen (secondary N) is 3. The molecule has 0 saturated heterocycles. The highest BCUT2D eigenvalue weighted by Gasteiger charge is 2.22. The third-order valence-electron chi connectivity index (χ3n) is 3.70. The lowest BCUT2D eigenvalue weighted by Crippen LogP contribution is -2.43. The van der Waals surface area contributed by atoms with Gasteiger partial charge in [-0.1, -0.05) is 34.1 Å². The van der Waals surface area contributed by atoms with E-state index in [1.807, 2.05) is 13.8 Å². The molecular formula is C17H30N4O4. The molecule has 1 rings (SSSR count). The number of rotatable bonds is 9. The van der Waals surface area contributed by atoms with Gasteiger partial charge < -0.3 is 20.2 Å². The number of oxazole rings is 1. The largest absolute Gasteiger partial charge is 0.465 e. The molecule has 8 nitrogen and oxygen atoms in total. The molecule has 0 aliphatic rings. The van der Waals surface area contributed by atoms with Crippen LogP contribution in [0.2, 0.25) is 0 Å². The molecule has 1 unspecified atom stereocenters. The number of anilines is 1. The first-order valence-electron chi connectivity index (χ1n) is 8.62. The number of hydrogen-bond donors (Lipinski definition) is 4. The van der Waals surface area contributed by atoms with E-state index in [4.69, 9.17) is 9.52 Å². The van der Waals surface area contributed by atoms with E-state index in [2.05, 4.69) is 41.7 Å². The van der Waals surface area contributed by atoms with Crippen LogP contribution in [-0.2, 0) is 4.79 Å². The van der Waals surface area contributed by atoms with Crippen molar-refractivity contribution in [2.75, 3.05) is 11.9 Å². The van der Waals surface area contributed by atoms with E-state index in [9.17, 15) is 9.59 Å². The SMILES string of the molecule is CCC[C@H](NC(=O)O)C(=O)Nc1ncc(C(C)NCCC(C)(C)C)o1. The highest BCUT2D eigenvalue weighted by atomic mass is 16.4. The average molecular weight is 354 g/mol. The van der Waals surface area contributed by atoms with Crippen molar-refractivity contribution in [3.05, 3.63) is 12.0 Å². The quantitative estimate of drug-likeness (QED) is 0.541. The van der Waals surface area contributed by atoms with Crippen molar-refractivity contribution in [1.82, 2.24) is 15.6 Å². The van der Waals surface area contributed by atoms with Crippen LogP contribution in [0, 0.1) is 5.41 Å². The Morgan fingerprint density at radius 2 is 2.04 bits per heavy atom. The van der Waals surface area contributed by atoms with E-state index in [1.165, 1.54) is 0 Å². The summed E-state index contributed by atoms with van der Waals surface area (Å²) in [5, 5.41) is 16.9. The maximum atomic E-state index is 12.1. The molecule has 25 heavy (non-hydrogen) atoms. The molecule has 0 radical (unpaired) electrons. The minimum Gasteiger partial charge on any atom is -0.465 e. The number of aromatic nitrogens is 1. The molecule has 2 atom stereocenters. The van der Waals surface area contributed by atoms with Gasteiger partial charge in [0.1, 0.15) is 11.8 Å². The Bertz CT molecular complexity index is 565. The van der Waals surface area contributed by atoms with Crippen LogP contribution < -0.4 is 16.0 Å². The molecule has 1 heterocycles. The fourth-order valence-corrected chi connectivity index (χ4v) is 2.21. The van der Waals surface area contributed by atoms with Crippen LogP contribution in [0.3, 0.4) is 0 Å². The molecule has 4 N–H and O–H groups in total. The van der Waals surface area contributed by atoms with Gasteiger partial charge in [-0.25, -0.2) is 9.78 Å². The van der Waals surface area contributed by atoms with Gasteiger partial charge >= 0.3 is 12.1 Å². The number of carboxylic acid groups (broad SMARTS) is 1. The normalized spacial score (nSPS) is 14.0. The molecule has 0 aliphatic carbocycles. The second-order valence-corrected chi connectivity index (χ2v) is 7.33. The molecule has 0 fully saturated rings. The van der Waals surface area contributed by atoms with Crippen molar-refractivity contribution in [1.29, 1.82) is 0 Å². The summed E-state index contributed by atoms with van der Waals surface area (Å²) in [6, 6.07) is -0.804. The molecule has 0 saturated carbocycles. The van der Waals surface area contributed by atoms with E-state index in [-0.39, 0.29) is 17.5 Å². The minimum atomic E-state index is -1.24. The van der Waals surface area contributed by atoms with Crippen LogP contribution in [0.15, 0.2) is 10.6 Å². The Kier molecular flexibility index (Phi) is 7.89. The van der Waals surface area contributed by atoms with E-state index in [0.29, 0.717) is 18.6 Å². The number of carbonyl (C=O) groups excluding carboxylic acids is 1. The van der Waals surface area contributed by atoms with Gasteiger partial charge in [0.2, 0.25) is 0 Å². The molecular weight excluding hydrogens is 324 g/mol. The summed E-state index contributed by atoms with van der Waals surface area (Å²) in [4.78, 5) is 27.0. The number of amides is 2. The summed E-state index contributed by atoms with van der Waals surface area (Å²) >= 11 is 0. The van der Waals surface area contributed by atoms with Crippen LogP contribution in [0.1, 0.15) is 65.7 Å². The van der Waals surface area contributed by atoms with Gasteiger partial charge in [-0.3, -0.25) is 10.1 Å². The lowest BCUT2D eigenvalue weighted by molar-refractivity contribution is -0.118. The molecule has 0 aromatic carbocycles. The van der Waals surface area contributed by atoms with E-state index in [0.717, 1.165) is 13.0 Å². The predicted molar refractivity (Wildman–Crippen MR) is 95.5 cm³/mol. The monoisotopic (exact) mass is 354 g/mol. The van der Waals surface area contributed by atoms with Crippen molar-refractivity contribution in [2.24, 2.45) is 5.41 Å². The Morgan fingerprint density at radius 1 is 1.36 bits per heavy atom. The Hall–Kier alpha value is -2.09. The summed E-state index contributed by atoms with van der Waals surface area (Å²) in [6.07, 6.45) is 2.41. The number of hydrogen-bond acceptors (Lipinski definition) is 5. The van der Waals surface area contributed by atoms with Crippen molar-refractivity contribution < 1.29 is 19.1 Å². The van der Waals surface area contributed by atoms with Gasteiger partial charge in [0, 0.05) is 0 Å². The second-order valence-electron chi connectivity index (χ2n) is 7.33. The van der Waals surface area contributed by atoms with Gasteiger partial charge in [0.05, 0.1) is 12.2 Å². The zero-order valence-corrected chi connectivity index (χ0v) is 15.7. The summed E-state index contributed by atoms with van der Waals surface area (Å²) in [5.41, 5.74) is 0.249. The highest BCUT2D eigenvalue weighted by Crippen LogP contribution is 2.20. The van der Waals surface area contributed by atoms with Gasteiger partial charge in [0.15, 0.2) is 0 Å². The first-order valence-corrected chi connectivity index (χ1v) is 8.62. The van der Waals surface area contributed by atoms with Crippen LogP contribution in [0.5, 0.6) is 0 Å². The van der Waals surface area contributed by atoms with Crippen LogP contribution in [0.4, 0.5) is 10.8 Å². The van der Waals surface area contributed by atoms with Gasteiger partial charge in [0.25, 0.3) is 5.91 Å². The first kappa shape index (κ1) is 21.0. The fraction of sp³-hybridized carbons (Fsp3) is 0.706. The van der Waals surface area contributed by atoms with E-state index in [1.54, 1.807) is 6.20 Å². The molecule has 1 aromatic heterocycles. The highest BCUT2D eigenvalue weighted by molar-refractivity contribution is 5.94. The summed E-state index contributed by atoms with van der Waals surface area (Å²) in [7, 11) is 0. The lowest BCUT2D eigenvalue weighted by atomic mass is 9.92. The summed E-state index contributed by atoms with van der Waals surface area (Å²) in [6.45, 7) is 11.2. The van der Waals surface area contributed by atoms with E-state index >= 15 is 0 Å². The molecule has 8 heteroatoms.